The van der Waals surface area contributed by atoms with E-state index in [2.05, 4.69) is 31.0 Å². The number of thioether (sulfide) groups is 1. The van der Waals surface area contributed by atoms with Gasteiger partial charge in [-0.25, -0.2) is 0 Å². The maximum Gasteiger partial charge on any atom is 0.226 e. The van der Waals surface area contributed by atoms with Gasteiger partial charge in [-0.15, -0.1) is 22.0 Å². The van der Waals surface area contributed by atoms with Gasteiger partial charge in [0.1, 0.15) is 0 Å². The van der Waals surface area contributed by atoms with Crippen LogP contribution in [0.1, 0.15) is 32.6 Å². The van der Waals surface area contributed by atoms with Crippen LogP contribution in [0.5, 0.6) is 0 Å². The molecule has 1 heterocycles. The third kappa shape index (κ3) is 3.26. The van der Waals surface area contributed by atoms with Gasteiger partial charge in [-0.1, -0.05) is 20.8 Å². The summed E-state index contributed by atoms with van der Waals surface area (Å²) in [6.07, 6.45) is 0. The summed E-state index contributed by atoms with van der Waals surface area (Å²) in [5.74, 6) is 2.00. The minimum absolute atomic E-state index is 0.100. The van der Waals surface area contributed by atoms with Crippen LogP contribution < -0.4 is 5.73 Å². The number of aromatic nitrogens is 2. The second-order valence-corrected chi connectivity index (χ2v) is 6.16. The first kappa shape index (κ1) is 13.0. The van der Waals surface area contributed by atoms with Gasteiger partial charge >= 0.3 is 0 Å². The molecule has 0 aliphatic heterocycles. The first-order valence-electron chi connectivity index (χ1n) is 5.76. The molecule has 5 heteroatoms. The second-order valence-electron chi connectivity index (χ2n) is 5.11. The van der Waals surface area contributed by atoms with Gasteiger partial charge in [-0.05, 0) is 24.3 Å². The highest BCUT2D eigenvalue weighted by atomic mass is 32.2. The number of nitrogens with two attached hydrogens (primary N) is 1. The van der Waals surface area contributed by atoms with Gasteiger partial charge in [-0.3, -0.25) is 0 Å². The summed E-state index contributed by atoms with van der Waals surface area (Å²) < 4.78 is 5.63. The van der Waals surface area contributed by atoms with E-state index in [1.54, 1.807) is 11.8 Å². The molecule has 96 valence electrons. The number of hydrogen-bond acceptors (Lipinski definition) is 5. The number of rotatable bonds is 3. The lowest BCUT2D eigenvalue weighted by Crippen LogP contribution is -2.11. The predicted octanol–water partition coefficient (Wildman–Crippen LogP) is 3.24. The zero-order valence-corrected chi connectivity index (χ0v) is 11.6. The Bertz CT molecular complexity index is 514. The minimum atomic E-state index is -0.100. The fraction of sp³-hybridized carbons (Fsp3) is 0.385. The molecule has 2 rings (SSSR count). The zero-order valence-electron chi connectivity index (χ0n) is 10.8. The van der Waals surface area contributed by atoms with Crippen molar-refractivity contribution in [3.05, 3.63) is 36.0 Å². The molecule has 0 aliphatic rings. The SMILES string of the molecule is CC(C)(C)c1nnc(CSc2ccc(N)cc2)o1. The Kier molecular flexibility index (Phi) is 3.61. The number of hydrogen-bond donors (Lipinski definition) is 1. The van der Waals surface area contributed by atoms with Crippen LogP contribution in [0.15, 0.2) is 33.6 Å². The molecule has 2 aromatic rings. The van der Waals surface area contributed by atoms with Crippen molar-refractivity contribution < 1.29 is 4.42 Å². The van der Waals surface area contributed by atoms with Gasteiger partial charge < -0.3 is 10.2 Å². The third-order valence-electron chi connectivity index (χ3n) is 2.35. The average molecular weight is 263 g/mol. The van der Waals surface area contributed by atoms with Crippen LogP contribution >= 0.6 is 11.8 Å². The molecule has 0 spiro atoms. The summed E-state index contributed by atoms with van der Waals surface area (Å²) >= 11 is 1.65. The zero-order chi connectivity index (χ0) is 13.2. The normalized spacial score (nSPS) is 11.7. The number of nitrogens with zero attached hydrogens (tertiary/aromatic N) is 2. The number of anilines is 1. The number of nitrogen functional groups attached to an aromatic ring is 1. The van der Waals surface area contributed by atoms with Gasteiger partial charge in [-0.2, -0.15) is 0 Å². The molecular formula is C13H17N3OS. The largest absolute Gasteiger partial charge is 0.424 e. The molecule has 18 heavy (non-hydrogen) atoms. The fourth-order valence-corrected chi connectivity index (χ4v) is 2.06. The predicted molar refractivity (Wildman–Crippen MR) is 73.4 cm³/mol. The van der Waals surface area contributed by atoms with Crippen LogP contribution in [0.3, 0.4) is 0 Å². The maximum atomic E-state index is 5.64. The van der Waals surface area contributed by atoms with E-state index < -0.39 is 0 Å². The summed E-state index contributed by atoms with van der Waals surface area (Å²) in [6, 6.07) is 7.75. The van der Waals surface area contributed by atoms with E-state index in [0.717, 1.165) is 10.6 Å². The molecule has 4 nitrogen and oxygen atoms in total. The molecule has 0 fully saturated rings. The van der Waals surface area contributed by atoms with Crippen LogP contribution in [0.25, 0.3) is 0 Å². The van der Waals surface area contributed by atoms with Crippen molar-refractivity contribution >= 4 is 17.4 Å². The highest BCUT2D eigenvalue weighted by Crippen LogP contribution is 2.25. The molecule has 0 bridgehead atoms. The molecule has 0 radical (unpaired) electrons. The van der Waals surface area contributed by atoms with Crippen LogP contribution in [0, 0.1) is 0 Å². The van der Waals surface area contributed by atoms with Gasteiger partial charge in [0, 0.05) is 16.0 Å². The monoisotopic (exact) mass is 263 g/mol. The van der Waals surface area contributed by atoms with Gasteiger partial charge in [0.2, 0.25) is 11.8 Å². The summed E-state index contributed by atoms with van der Waals surface area (Å²) in [4.78, 5) is 1.14. The molecular weight excluding hydrogens is 246 g/mol. The Labute approximate surface area is 111 Å². The molecule has 0 amide bonds. The molecule has 0 unspecified atom stereocenters. The minimum Gasteiger partial charge on any atom is -0.424 e. The van der Waals surface area contributed by atoms with Crippen molar-refractivity contribution in [2.24, 2.45) is 0 Å². The van der Waals surface area contributed by atoms with E-state index in [9.17, 15) is 0 Å². The van der Waals surface area contributed by atoms with E-state index in [0.29, 0.717) is 17.5 Å². The number of benzene rings is 1. The standard InChI is InChI=1S/C13H17N3OS/c1-13(2,3)12-16-15-11(17-12)8-18-10-6-4-9(14)5-7-10/h4-7H,8,14H2,1-3H3. The molecule has 0 saturated heterocycles. The molecule has 1 aromatic carbocycles. The quantitative estimate of drug-likeness (QED) is 0.680. The van der Waals surface area contributed by atoms with E-state index in [1.807, 2.05) is 24.3 Å². The molecule has 0 saturated carbocycles. The van der Waals surface area contributed by atoms with Gasteiger partial charge in [0.15, 0.2) is 0 Å². The van der Waals surface area contributed by atoms with Crippen LogP contribution in [0.4, 0.5) is 5.69 Å². The molecule has 0 aliphatic carbocycles. The lowest BCUT2D eigenvalue weighted by Gasteiger charge is -2.10. The Morgan fingerprint density at radius 2 is 1.83 bits per heavy atom. The smallest absolute Gasteiger partial charge is 0.226 e. The van der Waals surface area contributed by atoms with Crippen molar-refractivity contribution in [1.29, 1.82) is 0 Å². The fourth-order valence-electron chi connectivity index (χ4n) is 1.32. The maximum absolute atomic E-state index is 5.64. The van der Waals surface area contributed by atoms with Crippen molar-refractivity contribution in [1.82, 2.24) is 10.2 Å². The molecule has 1 aromatic heterocycles. The second kappa shape index (κ2) is 5.02. The molecule has 2 N–H and O–H groups in total. The van der Waals surface area contributed by atoms with Gasteiger partial charge in [0.05, 0.1) is 5.75 Å². The van der Waals surface area contributed by atoms with E-state index in [4.69, 9.17) is 10.2 Å². The Morgan fingerprint density at radius 3 is 2.39 bits per heavy atom. The molecule has 0 atom stereocenters. The lowest BCUT2D eigenvalue weighted by atomic mass is 9.97. The average Bonchev–Trinajstić information content (AvgIpc) is 2.77. The lowest BCUT2D eigenvalue weighted by molar-refractivity contribution is 0.378. The van der Waals surface area contributed by atoms with Crippen molar-refractivity contribution in [2.45, 2.75) is 36.8 Å². The van der Waals surface area contributed by atoms with E-state index in [-0.39, 0.29) is 5.41 Å². The Morgan fingerprint density at radius 1 is 1.17 bits per heavy atom. The van der Waals surface area contributed by atoms with Crippen molar-refractivity contribution in [3.63, 3.8) is 0 Å². The van der Waals surface area contributed by atoms with Crippen LogP contribution in [-0.2, 0) is 11.2 Å². The Balaban J connectivity index is 1.98. The topological polar surface area (TPSA) is 64.9 Å². The summed E-state index contributed by atoms with van der Waals surface area (Å²) in [7, 11) is 0. The highest BCUT2D eigenvalue weighted by molar-refractivity contribution is 7.98. The van der Waals surface area contributed by atoms with E-state index in [1.165, 1.54) is 0 Å². The first-order chi connectivity index (χ1) is 8.45. The van der Waals surface area contributed by atoms with Crippen LogP contribution in [0.2, 0.25) is 0 Å². The first-order valence-corrected chi connectivity index (χ1v) is 6.75. The summed E-state index contributed by atoms with van der Waals surface area (Å²) in [5.41, 5.74) is 6.31. The third-order valence-corrected chi connectivity index (χ3v) is 3.35. The van der Waals surface area contributed by atoms with Gasteiger partial charge in [0.25, 0.3) is 0 Å². The highest BCUT2D eigenvalue weighted by Gasteiger charge is 2.21. The Hall–Kier alpha value is -1.49. The summed E-state index contributed by atoms with van der Waals surface area (Å²) in [5, 5.41) is 8.12. The van der Waals surface area contributed by atoms with Crippen LogP contribution in [-0.4, -0.2) is 10.2 Å². The van der Waals surface area contributed by atoms with E-state index >= 15 is 0 Å². The summed E-state index contributed by atoms with van der Waals surface area (Å²) in [6.45, 7) is 6.16. The van der Waals surface area contributed by atoms with Crippen molar-refractivity contribution in [3.8, 4) is 0 Å². The van der Waals surface area contributed by atoms with Crippen molar-refractivity contribution in [2.75, 3.05) is 5.73 Å².